The summed E-state index contributed by atoms with van der Waals surface area (Å²) in [5.74, 6) is -1.15. The van der Waals surface area contributed by atoms with E-state index in [0.29, 0.717) is 12.8 Å². The van der Waals surface area contributed by atoms with E-state index in [1.54, 1.807) is 14.1 Å². The van der Waals surface area contributed by atoms with Crippen LogP contribution in [0.4, 0.5) is 4.79 Å². The van der Waals surface area contributed by atoms with Crippen LogP contribution in [0.15, 0.2) is 0 Å². The Labute approximate surface area is 117 Å². The summed E-state index contributed by atoms with van der Waals surface area (Å²) in [6.07, 6.45) is -0.0365. The second-order valence-corrected chi connectivity index (χ2v) is 4.99. The lowest BCUT2D eigenvalue weighted by molar-refractivity contribution is -0.149. The van der Waals surface area contributed by atoms with Gasteiger partial charge in [0.25, 0.3) is 0 Å². The predicted molar refractivity (Wildman–Crippen MR) is 70.3 cm³/mol. The lowest BCUT2D eigenvalue weighted by Gasteiger charge is -2.20. The van der Waals surface area contributed by atoms with Crippen molar-refractivity contribution in [3.05, 3.63) is 0 Å². The highest BCUT2D eigenvalue weighted by molar-refractivity contribution is 5.83. The van der Waals surface area contributed by atoms with Crippen LogP contribution in [0.2, 0.25) is 0 Å². The fourth-order valence-electron chi connectivity index (χ4n) is 1.79. The number of likely N-dealkylation sites (N-methyl/N-ethyl adjacent to an activating group) is 2. The molecule has 0 aromatic carbocycles. The molecule has 1 rings (SSSR count). The van der Waals surface area contributed by atoms with Crippen molar-refractivity contribution in [1.82, 2.24) is 15.1 Å². The van der Waals surface area contributed by atoms with Gasteiger partial charge in [-0.2, -0.15) is 0 Å². The third-order valence-corrected chi connectivity index (χ3v) is 3.08. The Morgan fingerprint density at radius 1 is 1.25 bits per heavy atom. The zero-order valence-corrected chi connectivity index (χ0v) is 12.0. The highest BCUT2D eigenvalue weighted by atomic mass is 16.5. The van der Waals surface area contributed by atoms with Gasteiger partial charge in [0.2, 0.25) is 5.91 Å². The minimum Gasteiger partial charge on any atom is -0.479 e. The molecule has 1 heterocycles. The van der Waals surface area contributed by atoms with Crippen LogP contribution < -0.4 is 5.32 Å². The van der Waals surface area contributed by atoms with Crippen LogP contribution in [0, 0.1) is 0 Å². The average molecular weight is 287 g/mol. The van der Waals surface area contributed by atoms with Crippen LogP contribution in [-0.4, -0.2) is 79.3 Å². The summed E-state index contributed by atoms with van der Waals surface area (Å²) in [5, 5.41) is 11.4. The number of amides is 3. The smallest absolute Gasteiger partial charge is 0.332 e. The standard InChI is InChI=1S/C12H21N3O5/c1-14(2)10(16)7-15(3)12(19)13-6-8-4-5-9(20-8)11(17)18/h8-9H,4-7H2,1-3H3,(H,13,19)(H,17,18). The normalized spacial score (nSPS) is 21.4. The number of nitrogens with one attached hydrogen (secondary N) is 1. The number of carbonyl (C=O) groups excluding carboxylic acids is 2. The quantitative estimate of drug-likeness (QED) is 0.700. The average Bonchev–Trinajstić information content (AvgIpc) is 2.84. The molecule has 0 aromatic rings. The summed E-state index contributed by atoms with van der Waals surface area (Å²) in [4.78, 5) is 36.6. The maximum Gasteiger partial charge on any atom is 0.332 e. The van der Waals surface area contributed by atoms with E-state index in [-0.39, 0.29) is 31.1 Å². The molecule has 1 aliphatic heterocycles. The van der Waals surface area contributed by atoms with Crippen molar-refractivity contribution < 1.29 is 24.2 Å². The Kier molecular flexibility index (Phi) is 5.75. The fraction of sp³-hybridized carbons (Fsp3) is 0.750. The van der Waals surface area contributed by atoms with Gasteiger partial charge in [0.15, 0.2) is 6.10 Å². The summed E-state index contributed by atoms with van der Waals surface area (Å²) < 4.78 is 5.26. The molecule has 3 amide bonds. The second kappa shape index (κ2) is 7.09. The molecule has 0 spiro atoms. The predicted octanol–water partition coefficient (Wildman–Crippen LogP) is -0.652. The number of urea groups is 1. The van der Waals surface area contributed by atoms with E-state index >= 15 is 0 Å². The molecule has 8 nitrogen and oxygen atoms in total. The molecule has 1 fully saturated rings. The summed E-state index contributed by atoms with van der Waals surface area (Å²) in [7, 11) is 4.76. The molecule has 0 aliphatic carbocycles. The Morgan fingerprint density at radius 3 is 2.40 bits per heavy atom. The minimum absolute atomic E-state index is 0.0118. The van der Waals surface area contributed by atoms with Gasteiger partial charge in [-0.1, -0.05) is 0 Å². The van der Waals surface area contributed by atoms with Crippen LogP contribution >= 0.6 is 0 Å². The van der Waals surface area contributed by atoms with Crippen molar-refractivity contribution in [3.63, 3.8) is 0 Å². The maximum atomic E-state index is 11.7. The number of rotatable bonds is 5. The van der Waals surface area contributed by atoms with Crippen molar-refractivity contribution >= 4 is 17.9 Å². The SMILES string of the molecule is CN(C)C(=O)CN(C)C(=O)NCC1CCC(C(=O)O)O1. The van der Waals surface area contributed by atoms with Gasteiger partial charge in [0, 0.05) is 27.7 Å². The largest absolute Gasteiger partial charge is 0.479 e. The Balaban J connectivity index is 2.30. The van der Waals surface area contributed by atoms with Crippen molar-refractivity contribution in [2.75, 3.05) is 34.2 Å². The summed E-state index contributed by atoms with van der Waals surface area (Å²) in [6.45, 7) is 0.227. The van der Waals surface area contributed by atoms with Crippen LogP contribution in [0.25, 0.3) is 0 Å². The number of carbonyl (C=O) groups is 3. The number of hydrogen-bond donors (Lipinski definition) is 2. The minimum atomic E-state index is -0.979. The van der Waals surface area contributed by atoms with E-state index in [2.05, 4.69) is 5.32 Å². The van der Waals surface area contributed by atoms with Crippen molar-refractivity contribution in [1.29, 1.82) is 0 Å². The van der Waals surface area contributed by atoms with E-state index in [4.69, 9.17) is 9.84 Å². The molecule has 2 atom stereocenters. The topological polar surface area (TPSA) is 99.2 Å². The fourth-order valence-corrected chi connectivity index (χ4v) is 1.79. The van der Waals surface area contributed by atoms with Crippen LogP contribution in [-0.2, 0) is 14.3 Å². The maximum absolute atomic E-state index is 11.7. The summed E-state index contributed by atoms with van der Waals surface area (Å²) in [6, 6.07) is -0.387. The molecule has 0 saturated carbocycles. The number of ether oxygens (including phenoxy) is 1. The summed E-state index contributed by atoms with van der Waals surface area (Å²) >= 11 is 0. The number of carboxylic acid groups (broad SMARTS) is 1. The highest BCUT2D eigenvalue weighted by Gasteiger charge is 2.30. The molecule has 2 N–H and O–H groups in total. The van der Waals surface area contributed by atoms with Gasteiger partial charge in [-0.3, -0.25) is 4.79 Å². The van der Waals surface area contributed by atoms with Crippen molar-refractivity contribution in [2.24, 2.45) is 0 Å². The van der Waals surface area contributed by atoms with Gasteiger partial charge >= 0.3 is 12.0 Å². The van der Waals surface area contributed by atoms with Crippen molar-refractivity contribution in [2.45, 2.75) is 25.0 Å². The number of nitrogens with zero attached hydrogens (tertiary/aromatic N) is 2. The Bertz CT molecular complexity index is 385. The van der Waals surface area contributed by atoms with Gasteiger partial charge in [-0.05, 0) is 12.8 Å². The third kappa shape index (κ3) is 4.69. The van der Waals surface area contributed by atoms with E-state index < -0.39 is 12.1 Å². The summed E-state index contributed by atoms with van der Waals surface area (Å²) in [5.41, 5.74) is 0. The Morgan fingerprint density at radius 2 is 1.90 bits per heavy atom. The van der Waals surface area contributed by atoms with Gasteiger partial charge in [-0.25, -0.2) is 9.59 Å². The monoisotopic (exact) mass is 287 g/mol. The number of hydrogen-bond acceptors (Lipinski definition) is 4. The molecule has 2 unspecified atom stereocenters. The molecule has 1 saturated heterocycles. The molecule has 20 heavy (non-hydrogen) atoms. The van der Waals surface area contributed by atoms with E-state index in [9.17, 15) is 14.4 Å². The van der Waals surface area contributed by atoms with Gasteiger partial charge in [0.05, 0.1) is 6.10 Å². The first-order chi connectivity index (χ1) is 9.31. The first-order valence-electron chi connectivity index (χ1n) is 6.38. The van der Waals surface area contributed by atoms with E-state index in [0.717, 1.165) is 0 Å². The first-order valence-corrected chi connectivity index (χ1v) is 6.38. The van der Waals surface area contributed by atoms with Gasteiger partial charge in [0.1, 0.15) is 6.54 Å². The zero-order chi connectivity index (χ0) is 15.3. The molecule has 0 bridgehead atoms. The molecule has 114 valence electrons. The third-order valence-electron chi connectivity index (χ3n) is 3.08. The van der Waals surface area contributed by atoms with Crippen LogP contribution in [0.3, 0.4) is 0 Å². The lowest BCUT2D eigenvalue weighted by Crippen LogP contribution is -2.45. The zero-order valence-electron chi connectivity index (χ0n) is 12.0. The van der Waals surface area contributed by atoms with Gasteiger partial charge < -0.3 is 25.0 Å². The molecular formula is C12H21N3O5. The molecule has 1 aliphatic rings. The molecular weight excluding hydrogens is 266 g/mol. The van der Waals surface area contributed by atoms with Crippen LogP contribution in [0.1, 0.15) is 12.8 Å². The number of aliphatic carboxylic acids is 1. The molecule has 8 heteroatoms. The highest BCUT2D eigenvalue weighted by Crippen LogP contribution is 2.19. The first kappa shape index (κ1) is 16.2. The second-order valence-electron chi connectivity index (χ2n) is 4.99. The Hall–Kier alpha value is -1.83. The van der Waals surface area contributed by atoms with Crippen LogP contribution in [0.5, 0.6) is 0 Å². The molecule has 0 radical (unpaired) electrons. The lowest BCUT2D eigenvalue weighted by atomic mass is 10.2. The van der Waals surface area contributed by atoms with Crippen molar-refractivity contribution in [3.8, 4) is 0 Å². The molecule has 0 aromatic heterocycles. The van der Waals surface area contributed by atoms with Gasteiger partial charge in [-0.15, -0.1) is 0 Å². The van der Waals surface area contributed by atoms with E-state index in [1.807, 2.05) is 0 Å². The number of carboxylic acids is 1. The van der Waals surface area contributed by atoms with E-state index in [1.165, 1.54) is 16.8 Å².